The monoisotopic (exact) mass is 388 g/mol. The molecule has 3 rings (SSSR count). The molecule has 1 aromatic carbocycles. The summed E-state index contributed by atoms with van der Waals surface area (Å²) >= 11 is 1.39. The first-order valence-electron chi connectivity index (χ1n) is 8.15. The Morgan fingerprint density at radius 1 is 1.15 bits per heavy atom. The third-order valence-corrected chi connectivity index (χ3v) is 5.17. The molecule has 0 fully saturated rings. The Morgan fingerprint density at radius 3 is 2.52 bits per heavy atom. The highest BCUT2D eigenvalue weighted by molar-refractivity contribution is 7.18. The molecule has 0 aliphatic carbocycles. The van der Waals surface area contributed by atoms with Crippen molar-refractivity contribution in [2.75, 3.05) is 0 Å². The highest BCUT2D eigenvalue weighted by atomic mass is 32.1. The molecular formula is C18H17FN4O3S. The van der Waals surface area contributed by atoms with Crippen molar-refractivity contribution >= 4 is 33.4 Å². The summed E-state index contributed by atoms with van der Waals surface area (Å²) in [5.74, 6) is -1.40. The van der Waals surface area contributed by atoms with E-state index in [1.165, 1.54) is 29.5 Å². The number of fused-ring (bicyclic) bond motifs is 1. The second-order valence-corrected chi connectivity index (χ2v) is 7.22. The standard InChI is InChI=1S/C18H17FN4O3S/c1-9-10(2)27-18-16(9)17(26)20-13(21-18)8-15(25)23-22-14(24)7-11-5-3-4-6-12(11)19/h3-6H,7-8H2,1-2H3,(H,22,24)(H,23,25)(H,20,21,26). The minimum absolute atomic E-state index is 0.203. The van der Waals surface area contributed by atoms with Crippen LogP contribution in [0.5, 0.6) is 0 Å². The number of H-pyrrole nitrogens is 1. The van der Waals surface area contributed by atoms with Gasteiger partial charge in [0, 0.05) is 4.88 Å². The molecule has 0 unspecified atom stereocenters. The van der Waals surface area contributed by atoms with Crippen LogP contribution in [-0.4, -0.2) is 21.8 Å². The Labute approximate surface area is 157 Å². The molecule has 7 nitrogen and oxygen atoms in total. The fourth-order valence-electron chi connectivity index (χ4n) is 2.58. The van der Waals surface area contributed by atoms with Gasteiger partial charge in [0.05, 0.1) is 18.2 Å². The van der Waals surface area contributed by atoms with Crippen molar-refractivity contribution in [3.05, 3.63) is 62.3 Å². The molecule has 0 radical (unpaired) electrons. The van der Waals surface area contributed by atoms with E-state index in [4.69, 9.17) is 0 Å². The van der Waals surface area contributed by atoms with Crippen molar-refractivity contribution in [2.24, 2.45) is 0 Å². The number of hydrogen-bond donors (Lipinski definition) is 3. The second-order valence-electron chi connectivity index (χ2n) is 6.02. The maximum Gasteiger partial charge on any atom is 0.259 e. The van der Waals surface area contributed by atoms with Gasteiger partial charge in [0.15, 0.2) is 0 Å². The van der Waals surface area contributed by atoms with Gasteiger partial charge in [0.2, 0.25) is 11.8 Å². The number of rotatable bonds is 4. The molecule has 0 saturated heterocycles. The van der Waals surface area contributed by atoms with E-state index in [-0.39, 0.29) is 29.8 Å². The number of hydrazine groups is 1. The Kier molecular flexibility index (Phi) is 5.31. The summed E-state index contributed by atoms with van der Waals surface area (Å²) in [4.78, 5) is 44.5. The third-order valence-electron chi connectivity index (χ3n) is 4.07. The third kappa shape index (κ3) is 4.20. The quantitative estimate of drug-likeness (QED) is 0.592. The lowest BCUT2D eigenvalue weighted by Gasteiger charge is -2.08. The van der Waals surface area contributed by atoms with Crippen molar-refractivity contribution in [3.63, 3.8) is 0 Å². The molecule has 3 aromatic rings. The first kappa shape index (κ1) is 18.7. The number of benzene rings is 1. The van der Waals surface area contributed by atoms with Crippen LogP contribution >= 0.6 is 11.3 Å². The lowest BCUT2D eigenvalue weighted by atomic mass is 10.1. The van der Waals surface area contributed by atoms with Crippen LogP contribution in [0.2, 0.25) is 0 Å². The van der Waals surface area contributed by atoms with Crippen molar-refractivity contribution in [3.8, 4) is 0 Å². The topological polar surface area (TPSA) is 104 Å². The average Bonchev–Trinajstić information content (AvgIpc) is 2.89. The lowest BCUT2D eigenvalue weighted by Crippen LogP contribution is -2.43. The first-order valence-corrected chi connectivity index (χ1v) is 8.96. The minimum atomic E-state index is -0.560. The Balaban J connectivity index is 1.61. The number of hydrogen-bond acceptors (Lipinski definition) is 5. The van der Waals surface area contributed by atoms with Gasteiger partial charge in [-0.3, -0.25) is 25.2 Å². The predicted molar refractivity (Wildman–Crippen MR) is 99.8 cm³/mol. The van der Waals surface area contributed by atoms with Crippen LogP contribution in [-0.2, 0) is 22.4 Å². The summed E-state index contributed by atoms with van der Waals surface area (Å²) < 4.78 is 13.5. The Hall–Kier alpha value is -3.07. The molecule has 140 valence electrons. The first-order chi connectivity index (χ1) is 12.8. The lowest BCUT2D eigenvalue weighted by molar-refractivity contribution is -0.128. The van der Waals surface area contributed by atoms with Crippen molar-refractivity contribution in [1.29, 1.82) is 0 Å². The van der Waals surface area contributed by atoms with Gasteiger partial charge in [-0.1, -0.05) is 18.2 Å². The molecule has 2 aromatic heterocycles. The van der Waals surface area contributed by atoms with Gasteiger partial charge in [-0.2, -0.15) is 0 Å². The van der Waals surface area contributed by atoms with E-state index >= 15 is 0 Å². The van der Waals surface area contributed by atoms with E-state index in [0.29, 0.717) is 10.2 Å². The van der Waals surface area contributed by atoms with Crippen LogP contribution in [0.4, 0.5) is 4.39 Å². The number of halogens is 1. The largest absolute Gasteiger partial charge is 0.309 e. The SMILES string of the molecule is Cc1sc2nc(CC(=O)NNC(=O)Cc3ccccc3F)[nH]c(=O)c2c1C. The molecule has 0 aliphatic heterocycles. The van der Waals surface area contributed by atoms with Gasteiger partial charge in [0.25, 0.3) is 5.56 Å². The molecule has 27 heavy (non-hydrogen) atoms. The maximum atomic E-state index is 13.5. The predicted octanol–water partition coefficient (Wildman–Crippen LogP) is 1.67. The van der Waals surface area contributed by atoms with E-state index < -0.39 is 17.6 Å². The van der Waals surface area contributed by atoms with Gasteiger partial charge in [0.1, 0.15) is 16.5 Å². The van der Waals surface area contributed by atoms with E-state index in [9.17, 15) is 18.8 Å². The number of carbonyl (C=O) groups is 2. The molecule has 9 heteroatoms. The molecule has 0 bridgehead atoms. The summed E-state index contributed by atoms with van der Waals surface area (Å²) in [5, 5.41) is 0.528. The number of aromatic amines is 1. The summed E-state index contributed by atoms with van der Waals surface area (Å²) in [5.41, 5.74) is 5.26. The van der Waals surface area contributed by atoms with Gasteiger partial charge < -0.3 is 4.98 Å². The average molecular weight is 388 g/mol. The number of aryl methyl sites for hydroxylation is 2. The van der Waals surface area contributed by atoms with Crippen LogP contribution in [0.25, 0.3) is 10.2 Å². The molecule has 2 heterocycles. The summed E-state index contributed by atoms with van der Waals surface area (Å²) in [6.07, 6.45) is -0.414. The summed E-state index contributed by atoms with van der Waals surface area (Å²) in [6, 6.07) is 5.90. The number of nitrogens with zero attached hydrogens (tertiary/aromatic N) is 1. The fourth-order valence-corrected chi connectivity index (χ4v) is 3.63. The summed E-state index contributed by atoms with van der Waals surface area (Å²) in [7, 11) is 0. The van der Waals surface area contributed by atoms with E-state index in [0.717, 1.165) is 10.4 Å². The van der Waals surface area contributed by atoms with Crippen LogP contribution in [0, 0.1) is 19.7 Å². The zero-order chi connectivity index (χ0) is 19.6. The second kappa shape index (κ2) is 7.67. The fraction of sp³-hybridized carbons (Fsp3) is 0.222. The number of nitrogens with one attached hydrogen (secondary N) is 3. The smallest absolute Gasteiger partial charge is 0.259 e. The highest BCUT2D eigenvalue weighted by Gasteiger charge is 2.14. The molecule has 3 N–H and O–H groups in total. The molecule has 0 atom stereocenters. The number of aromatic nitrogens is 2. The van der Waals surface area contributed by atoms with Gasteiger partial charge in [-0.25, -0.2) is 9.37 Å². The minimum Gasteiger partial charge on any atom is -0.309 e. The Bertz CT molecular complexity index is 1090. The van der Waals surface area contributed by atoms with Crippen molar-refractivity contribution in [2.45, 2.75) is 26.7 Å². The van der Waals surface area contributed by atoms with Gasteiger partial charge in [-0.15, -0.1) is 11.3 Å². The number of carbonyl (C=O) groups excluding carboxylic acids is 2. The van der Waals surface area contributed by atoms with Crippen molar-refractivity contribution < 1.29 is 14.0 Å². The van der Waals surface area contributed by atoms with Crippen molar-refractivity contribution in [1.82, 2.24) is 20.8 Å². The zero-order valence-electron chi connectivity index (χ0n) is 14.7. The molecule has 0 aliphatic rings. The molecular weight excluding hydrogens is 371 g/mol. The number of amides is 2. The molecule has 0 spiro atoms. The van der Waals surface area contributed by atoms with E-state index in [1.54, 1.807) is 6.07 Å². The highest BCUT2D eigenvalue weighted by Crippen LogP contribution is 2.25. The molecule has 2 amide bonds. The van der Waals surface area contributed by atoms with Gasteiger partial charge >= 0.3 is 0 Å². The Morgan fingerprint density at radius 2 is 1.81 bits per heavy atom. The normalized spacial score (nSPS) is 10.8. The van der Waals surface area contributed by atoms with Crippen LogP contribution < -0.4 is 16.4 Å². The van der Waals surface area contributed by atoms with E-state index in [1.807, 2.05) is 13.8 Å². The zero-order valence-corrected chi connectivity index (χ0v) is 15.5. The van der Waals surface area contributed by atoms with Crippen LogP contribution in [0.15, 0.2) is 29.1 Å². The van der Waals surface area contributed by atoms with Gasteiger partial charge in [-0.05, 0) is 31.0 Å². The maximum absolute atomic E-state index is 13.5. The molecule has 0 saturated carbocycles. The summed E-state index contributed by atoms with van der Waals surface area (Å²) in [6.45, 7) is 3.75. The van der Waals surface area contributed by atoms with E-state index in [2.05, 4.69) is 20.8 Å². The van der Waals surface area contributed by atoms with Crippen LogP contribution in [0.1, 0.15) is 21.8 Å². The number of thiophene rings is 1. The van der Waals surface area contributed by atoms with Crippen LogP contribution in [0.3, 0.4) is 0 Å².